The van der Waals surface area contributed by atoms with Crippen molar-refractivity contribution in [2.24, 2.45) is 5.73 Å². The highest BCUT2D eigenvalue weighted by Crippen LogP contribution is 2.28. The van der Waals surface area contributed by atoms with E-state index in [9.17, 15) is 10.1 Å². The molecule has 1 aromatic rings. The first-order valence-corrected chi connectivity index (χ1v) is 6.56. The van der Waals surface area contributed by atoms with Gasteiger partial charge in [-0.3, -0.25) is 10.1 Å². The van der Waals surface area contributed by atoms with Crippen LogP contribution in [0.1, 0.15) is 26.2 Å². The van der Waals surface area contributed by atoms with E-state index < -0.39 is 10.5 Å². The van der Waals surface area contributed by atoms with Gasteiger partial charge in [-0.2, -0.15) is 5.26 Å². The fourth-order valence-corrected chi connectivity index (χ4v) is 1.85. The molecular weight excluding hydrogens is 282 g/mol. The van der Waals surface area contributed by atoms with Gasteiger partial charge in [-0.25, -0.2) is 0 Å². The Balaban J connectivity index is 2.50. The first kappa shape index (κ1) is 16.2. The molecule has 0 saturated heterocycles. The van der Waals surface area contributed by atoms with Crippen LogP contribution in [-0.4, -0.2) is 17.1 Å². The van der Waals surface area contributed by atoms with E-state index in [1.807, 2.05) is 6.92 Å². The molecule has 0 aliphatic heterocycles. The molecule has 0 spiro atoms. The lowest BCUT2D eigenvalue weighted by Gasteiger charge is -2.18. The van der Waals surface area contributed by atoms with Crippen LogP contribution in [0.2, 0.25) is 5.02 Å². The number of nitrogens with zero attached hydrogens (tertiary/aromatic N) is 2. The zero-order chi connectivity index (χ0) is 15.2. The Hall–Kier alpha value is -1.84. The number of nitrogens with two attached hydrogens (primary N) is 1. The number of nitriles is 1. The van der Waals surface area contributed by atoms with E-state index in [1.165, 1.54) is 18.2 Å². The molecule has 0 heterocycles. The number of nitro groups is 1. The minimum atomic E-state index is -0.823. The lowest BCUT2D eigenvalue weighted by molar-refractivity contribution is -0.384. The summed E-state index contributed by atoms with van der Waals surface area (Å²) in [5.74, 6) is 0.455. The maximum Gasteiger partial charge on any atom is 0.288 e. The van der Waals surface area contributed by atoms with E-state index in [4.69, 9.17) is 27.3 Å². The largest absolute Gasteiger partial charge is 0.494 e. The monoisotopic (exact) mass is 297 g/mol. The van der Waals surface area contributed by atoms with Gasteiger partial charge in [0.2, 0.25) is 0 Å². The van der Waals surface area contributed by atoms with Crippen LogP contribution in [0.25, 0.3) is 0 Å². The van der Waals surface area contributed by atoms with Crippen molar-refractivity contribution in [1.29, 1.82) is 5.26 Å². The standard InChI is InChI=1S/C13H16ClN3O3/c1-2-13(16,9-15)6-3-7-20-10-4-5-12(17(18)19)11(14)8-10/h4-5,8H,2-3,6-7,16H2,1H3. The zero-order valence-electron chi connectivity index (χ0n) is 11.1. The van der Waals surface area contributed by atoms with Gasteiger partial charge in [0.05, 0.1) is 17.6 Å². The van der Waals surface area contributed by atoms with Crippen LogP contribution in [0.3, 0.4) is 0 Å². The number of ether oxygens (including phenoxy) is 1. The molecule has 1 aromatic carbocycles. The van der Waals surface area contributed by atoms with E-state index in [1.54, 1.807) is 0 Å². The van der Waals surface area contributed by atoms with Gasteiger partial charge in [-0.1, -0.05) is 18.5 Å². The number of benzene rings is 1. The van der Waals surface area contributed by atoms with Crippen LogP contribution in [0.4, 0.5) is 5.69 Å². The summed E-state index contributed by atoms with van der Waals surface area (Å²) in [5.41, 5.74) is 4.86. The Morgan fingerprint density at radius 1 is 1.60 bits per heavy atom. The second-order valence-corrected chi connectivity index (χ2v) is 4.85. The first-order chi connectivity index (χ1) is 9.41. The molecule has 20 heavy (non-hydrogen) atoms. The van der Waals surface area contributed by atoms with E-state index >= 15 is 0 Å². The summed E-state index contributed by atoms with van der Waals surface area (Å²) < 4.78 is 5.43. The molecule has 0 aromatic heterocycles. The quantitative estimate of drug-likeness (QED) is 0.473. The Bertz CT molecular complexity index is 530. The summed E-state index contributed by atoms with van der Waals surface area (Å²) in [6.45, 7) is 2.23. The summed E-state index contributed by atoms with van der Waals surface area (Å²) in [4.78, 5) is 10.1. The Morgan fingerprint density at radius 2 is 2.30 bits per heavy atom. The molecule has 1 atom stereocenters. The highest BCUT2D eigenvalue weighted by Gasteiger charge is 2.21. The molecule has 0 bridgehead atoms. The molecule has 0 aliphatic rings. The summed E-state index contributed by atoms with van der Waals surface area (Å²) in [6, 6.07) is 6.27. The fraction of sp³-hybridized carbons (Fsp3) is 0.462. The maximum atomic E-state index is 10.6. The second kappa shape index (κ2) is 7.08. The molecular formula is C13H16ClN3O3. The number of hydrogen-bond donors (Lipinski definition) is 1. The van der Waals surface area contributed by atoms with Crippen molar-refractivity contribution >= 4 is 17.3 Å². The van der Waals surface area contributed by atoms with E-state index in [0.717, 1.165) is 0 Å². The highest BCUT2D eigenvalue weighted by atomic mass is 35.5. The lowest BCUT2D eigenvalue weighted by atomic mass is 9.94. The van der Waals surface area contributed by atoms with Gasteiger partial charge in [0.15, 0.2) is 0 Å². The van der Waals surface area contributed by atoms with Crippen molar-refractivity contribution in [1.82, 2.24) is 0 Å². The van der Waals surface area contributed by atoms with Crippen molar-refractivity contribution in [3.8, 4) is 11.8 Å². The SMILES string of the molecule is CCC(N)(C#N)CCCOc1ccc([N+](=O)[O-])c(Cl)c1. The Kier molecular flexibility index (Phi) is 5.74. The average Bonchev–Trinajstić information content (AvgIpc) is 2.43. The molecule has 108 valence electrons. The van der Waals surface area contributed by atoms with Crippen LogP contribution in [0.15, 0.2) is 18.2 Å². The molecule has 0 fully saturated rings. The molecule has 0 saturated carbocycles. The Morgan fingerprint density at radius 3 is 2.80 bits per heavy atom. The summed E-state index contributed by atoms with van der Waals surface area (Å²) in [7, 11) is 0. The highest BCUT2D eigenvalue weighted by molar-refractivity contribution is 6.32. The van der Waals surface area contributed by atoms with Gasteiger partial charge in [-0.05, 0) is 25.3 Å². The molecule has 1 unspecified atom stereocenters. The van der Waals surface area contributed by atoms with Crippen LogP contribution in [-0.2, 0) is 0 Å². The van der Waals surface area contributed by atoms with Gasteiger partial charge in [0.1, 0.15) is 16.3 Å². The van der Waals surface area contributed by atoms with Crippen molar-refractivity contribution in [2.45, 2.75) is 31.7 Å². The Labute approximate surface area is 122 Å². The molecule has 7 heteroatoms. The van der Waals surface area contributed by atoms with Crippen LogP contribution in [0.5, 0.6) is 5.75 Å². The van der Waals surface area contributed by atoms with Crippen molar-refractivity contribution in [3.63, 3.8) is 0 Å². The number of halogens is 1. The predicted octanol–water partition coefficient (Wildman–Crippen LogP) is 3.04. The zero-order valence-corrected chi connectivity index (χ0v) is 11.9. The van der Waals surface area contributed by atoms with Crippen molar-refractivity contribution < 1.29 is 9.66 Å². The molecule has 1 rings (SSSR count). The number of nitro benzene ring substituents is 1. The second-order valence-electron chi connectivity index (χ2n) is 4.44. The van der Waals surface area contributed by atoms with Gasteiger partial charge in [0, 0.05) is 12.1 Å². The minimum Gasteiger partial charge on any atom is -0.494 e. The molecule has 0 aliphatic carbocycles. The van der Waals surface area contributed by atoms with Crippen LogP contribution >= 0.6 is 11.6 Å². The van der Waals surface area contributed by atoms with Crippen molar-refractivity contribution in [2.75, 3.05) is 6.61 Å². The summed E-state index contributed by atoms with van der Waals surface area (Å²) in [6.07, 6.45) is 1.72. The molecule has 6 nitrogen and oxygen atoms in total. The van der Waals surface area contributed by atoms with E-state index in [0.29, 0.717) is 31.6 Å². The number of rotatable bonds is 7. The fourth-order valence-electron chi connectivity index (χ4n) is 1.61. The summed E-state index contributed by atoms with van der Waals surface area (Å²) in [5, 5.41) is 19.6. The smallest absolute Gasteiger partial charge is 0.288 e. The van der Waals surface area contributed by atoms with Crippen LogP contribution in [0, 0.1) is 21.4 Å². The van der Waals surface area contributed by atoms with Crippen LogP contribution < -0.4 is 10.5 Å². The third-order valence-electron chi connectivity index (χ3n) is 3.01. The molecule has 2 N–H and O–H groups in total. The topological polar surface area (TPSA) is 102 Å². The average molecular weight is 298 g/mol. The molecule has 0 radical (unpaired) electrons. The van der Waals surface area contributed by atoms with Crippen molar-refractivity contribution in [3.05, 3.63) is 33.3 Å². The normalized spacial score (nSPS) is 13.3. The van der Waals surface area contributed by atoms with Gasteiger partial charge in [0.25, 0.3) is 5.69 Å². The van der Waals surface area contributed by atoms with E-state index in [2.05, 4.69) is 6.07 Å². The molecule has 0 amide bonds. The van der Waals surface area contributed by atoms with Gasteiger partial charge < -0.3 is 10.5 Å². The van der Waals surface area contributed by atoms with Gasteiger partial charge in [-0.15, -0.1) is 0 Å². The van der Waals surface area contributed by atoms with E-state index in [-0.39, 0.29) is 10.7 Å². The minimum absolute atomic E-state index is 0.0336. The first-order valence-electron chi connectivity index (χ1n) is 6.19. The maximum absolute atomic E-state index is 10.6. The third kappa shape index (κ3) is 4.37. The third-order valence-corrected chi connectivity index (χ3v) is 3.31. The lowest BCUT2D eigenvalue weighted by Crippen LogP contribution is -2.37. The summed E-state index contributed by atoms with van der Waals surface area (Å²) >= 11 is 5.77. The predicted molar refractivity (Wildman–Crippen MR) is 75.7 cm³/mol. The number of hydrogen-bond acceptors (Lipinski definition) is 5. The van der Waals surface area contributed by atoms with Gasteiger partial charge >= 0.3 is 0 Å².